The SMILES string of the molecule is CCCCCCCNc1ccc(C(C)(C)C)cc1.CF. The van der Waals surface area contributed by atoms with Gasteiger partial charge in [0.1, 0.15) is 0 Å². The Morgan fingerprint density at radius 2 is 1.45 bits per heavy atom. The lowest BCUT2D eigenvalue weighted by Crippen LogP contribution is -2.11. The number of anilines is 1. The summed E-state index contributed by atoms with van der Waals surface area (Å²) in [5, 5.41) is 3.50. The van der Waals surface area contributed by atoms with Gasteiger partial charge in [-0.05, 0) is 29.5 Å². The Morgan fingerprint density at radius 3 is 1.95 bits per heavy atom. The fraction of sp³-hybridized carbons (Fsp3) is 0.667. The average Bonchev–Trinajstić information content (AvgIpc) is 2.44. The highest BCUT2D eigenvalue weighted by atomic mass is 19.1. The van der Waals surface area contributed by atoms with E-state index in [2.05, 4.69) is 57.3 Å². The second-order valence-electron chi connectivity index (χ2n) is 6.17. The molecular formula is C18H32FN. The molecule has 20 heavy (non-hydrogen) atoms. The van der Waals surface area contributed by atoms with Crippen molar-refractivity contribution in [3.63, 3.8) is 0 Å². The standard InChI is InChI=1S/C17H29N.CH3F/c1-5-6-7-8-9-14-18-16-12-10-15(11-13-16)17(2,3)4;1-2/h10-13,18H,5-9,14H2,1-4H3;1H3. The summed E-state index contributed by atoms with van der Waals surface area (Å²) in [5.41, 5.74) is 2.90. The molecule has 0 saturated carbocycles. The number of hydrogen-bond acceptors (Lipinski definition) is 1. The first-order chi connectivity index (χ1) is 9.54. The quantitative estimate of drug-likeness (QED) is 0.609. The largest absolute Gasteiger partial charge is 0.385 e. The van der Waals surface area contributed by atoms with E-state index in [1.807, 2.05) is 0 Å². The van der Waals surface area contributed by atoms with Crippen LogP contribution in [0.1, 0.15) is 65.4 Å². The van der Waals surface area contributed by atoms with Gasteiger partial charge in [0.05, 0.1) is 7.18 Å². The molecule has 0 aliphatic rings. The van der Waals surface area contributed by atoms with E-state index < -0.39 is 0 Å². The van der Waals surface area contributed by atoms with E-state index in [1.54, 1.807) is 0 Å². The fourth-order valence-corrected chi connectivity index (χ4v) is 2.05. The van der Waals surface area contributed by atoms with Gasteiger partial charge in [-0.3, -0.25) is 4.39 Å². The molecule has 116 valence electrons. The summed E-state index contributed by atoms with van der Waals surface area (Å²) >= 11 is 0. The van der Waals surface area contributed by atoms with E-state index in [0.29, 0.717) is 7.18 Å². The van der Waals surface area contributed by atoms with Crippen LogP contribution in [0.2, 0.25) is 0 Å². The van der Waals surface area contributed by atoms with Crippen LogP contribution in [0, 0.1) is 0 Å². The Kier molecular flexibility index (Phi) is 10.1. The predicted molar refractivity (Wildman–Crippen MR) is 89.4 cm³/mol. The van der Waals surface area contributed by atoms with Crippen molar-refractivity contribution in [2.24, 2.45) is 0 Å². The van der Waals surface area contributed by atoms with Gasteiger partial charge in [0.15, 0.2) is 0 Å². The number of benzene rings is 1. The van der Waals surface area contributed by atoms with Gasteiger partial charge in [-0.2, -0.15) is 0 Å². The molecule has 1 nitrogen and oxygen atoms in total. The molecule has 0 radical (unpaired) electrons. The first kappa shape index (κ1) is 18.9. The van der Waals surface area contributed by atoms with Gasteiger partial charge >= 0.3 is 0 Å². The summed E-state index contributed by atoms with van der Waals surface area (Å²) in [6, 6.07) is 8.87. The lowest BCUT2D eigenvalue weighted by Gasteiger charge is -2.19. The third kappa shape index (κ3) is 8.19. The summed E-state index contributed by atoms with van der Waals surface area (Å²) < 4.78 is 9.50. The first-order valence-electron chi connectivity index (χ1n) is 7.76. The molecule has 0 aliphatic carbocycles. The van der Waals surface area contributed by atoms with E-state index in [1.165, 1.54) is 43.4 Å². The van der Waals surface area contributed by atoms with Gasteiger partial charge in [-0.1, -0.05) is 65.5 Å². The highest BCUT2D eigenvalue weighted by molar-refractivity contribution is 5.45. The summed E-state index contributed by atoms with van der Waals surface area (Å²) in [6.45, 7) is 10.1. The normalized spacial score (nSPS) is 10.7. The smallest absolute Gasteiger partial charge is 0.0785 e. The van der Waals surface area contributed by atoms with Crippen LogP contribution in [0.25, 0.3) is 0 Å². The first-order valence-corrected chi connectivity index (χ1v) is 7.76. The number of alkyl halides is 1. The minimum absolute atomic E-state index is 0.249. The zero-order chi connectivity index (χ0) is 15.4. The van der Waals surface area contributed by atoms with Crippen molar-refractivity contribution in [2.75, 3.05) is 19.0 Å². The van der Waals surface area contributed by atoms with Gasteiger partial charge in [-0.25, -0.2) is 0 Å². The number of halogens is 1. The van der Waals surface area contributed by atoms with Gasteiger partial charge < -0.3 is 5.32 Å². The Bertz CT molecular complexity index is 324. The minimum atomic E-state index is 0.249. The minimum Gasteiger partial charge on any atom is -0.385 e. The van der Waals surface area contributed by atoms with Crippen molar-refractivity contribution in [3.05, 3.63) is 29.8 Å². The molecule has 0 spiro atoms. The van der Waals surface area contributed by atoms with E-state index in [-0.39, 0.29) is 5.41 Å². The number of hydrogen-bond donors (Lipinski definition) is 1. The molecule has 1 N–H and O–H groups in total. The molecule has 0 unspecified atom stereocenters. The Hall–Kier alpha value is -1.05. The topological polar surface area (TPSA) is 12.0 Å². The maximum Gasteiger partial charge on any atom is 0.0785 e. The highest BCUT2D eigenvalue weighted by Crippen LogP contribution is 2.23. The third-order valence-electron chi connectivity index (χ3n) is 3.36. The van der Waals surface area contributed by atoms with E-state index in [4.69, 9.17) is 0 Å². The Labute approximate surface area is 125 Å². The summed E-state index contributed by atoms with van der Waals surface area (Å²) in [7, 11) is 0.500. The van der Waals surface area contributed by atoms with Gasteiger partial charge in [0, 0.05) is 12.2 Å². The van der Waals surface area contributed by atoms with Crippen LogP contribution in [0.4, 0.5) is 10.1 Å². The molecule has 1 rings (SSSR count). The van der Waals surface area contributed by atoms with Crippen molar-refractivity contribution >= 4 is 5.69 Å². The molecule has 0 aliphatic heterocycles. The molecule has 0 atom stereocenters. The predicted octanol–water partition coefficient (Wildman–Crippen LogP) is 5.95. The van der Waals surface area contributed by atoms with E-state index in [9.17, 15) is 4.39 Å². The van der Waals surface area contributed by atoms with Crippen LogP contribution in [0.5, 0.6) is 0 Å². The average molecular weight is 281 g/mol. The maximum absolute atomic E-state index is 9.50. The van der Waals surface area contributed by atoms with Crippen LogP contribution in [0.15, 0.2) is 24.3 Å². The van der Waals surface area contributed by atoms with Crippen molar-refractivity contribution in [1.82, 2.24) is 0 Å². The molecule has 0 amide bonds. The molecule has 1 aromatic rings. The van der Waals surface area contributed by atoms with Crippen LogP contribution >= 0.6 is 0 Å². The summed E-state index contributed by atoms with van der Waals surface area (Å²) in [6.07, 6.45) is 6.70. The molecule has 0 fully saturated rings. The van der Waals surface area contributed by atoms with E-state index >= 15 is 0 Å². The Morgan fingerprint density at radius 1 is 0.900 bits per heavy atom. The zero-order valence-corrected chi connectivity index (χ0v) is 13.9. The van der Waals surface area contributed by atoms with Crippen molar-refractivity contribution in [3.8, 4) is 0 Å². The molecular weight excluding hydrogens is 249 g/mol. The number of nitrogens with one attached hydrogen (secondary N) is 1. The number of unbranched alkanes of at least 4 members (excludes halogenated alkanes) is 4. The van der Waals surface area contributed by atoms with Gasteiger partial charge in [0.2, 0.25) is 0 Å². The number of rotatable bonds is 7. The molecule has 0 bridgehead atoms. The van der Waals surface area contributed by atoms with Crippen LogP contribution < -0.4 is 5.32 Å². The fourth-order valence-electron chi connectivity index (χ4n) is 2.05. The summed E-state index contributed by atoms with van der Waals surface area (Å²) in [5.74, 6) is 0. The van der Waals surface area contributed by atoms with Gasteiger partial charge in [-0.15, -0.1) is 0 Å². The van der Waals surface area contributed by atoms with Crippen molar-refractivity contribution in [1.29, 1.82) is 0 Å². The molecule has 0 saturated heterocycles. The lowest BCUT2D eigenvalue weighted by atomic mass is 9.87. The van der Waals surface area contributed by atoms with Crippen LogP contribution in [0.3, 0.4) is 0 Å². The molecule has 2 heteroatoms. The van der Waals surface area contributed by atoms with Crippen LogP contribution in [-0.4, -0.2) is 13.7 Å². The zero-order valence-electron chi connectivity index (χ0n) is 13.9. The second-order valence-corrected chi connectivity index (χ2v) is 6.17. The highest BCUT2D eigenvalue weighted by Gasteiger charge is 2.12. The Balaban J connectivity index is 0.00000172. The lowest BCUT2D eigenvalue weighted by molar-refractivity contribution is 0.590. The monoisotopic (exact) mass is 281 g/mol. The summed E-state index contributed by atoms with van der Waals surface area (Å²) in [4.78, 5) is 0. The third-order valence-corrected chi connectivity index (χ3v) is 3.36. The van der Waals surface area contributed by atoms with E-state index in [0.717, 1.165) is 6.54 Å². The van der Waals surface area contributed by atoms with Crippen molar-refractivity contribution < 1.29 is 4.39 Å². The molecule has 1 aromatic carbocycles. The second kappa shape index (κ2) is 10.7. The van der Waals surface area contributed by atoms with Crippen molar-refractivity contribution in [2.45, 2.75) is 65.2 Å². The molecule has 0 heterocycles. The maximum atomic E-state index is 9.50. The molecule has 0 aromatic heterocycles. The van der Waals surface area contributed by atoms with Crippen LogP contribution in [-0.2, 0) is 5.41 Å². The van der Waals surface area contributed by atoms with Gasteiger partial charge in [0.25, 0.3) is 0 Å².